The Morgan fingerprint density at radius 1 is 1.38 bits per heavy atom. The second-order valence-electron chi connectivity index (χ2n) is 3.27. The lowest BCUT2D eigenvalue weighted by Crippen LogP contribution is -1.97. The van der Waals surface area contributed by atoms with Crippen molar-refractivity contribution >= 4 is 5.97 Å². The van der Waals surface area contributed by atoms with Crippen LogP contribution < -0.4 is 0 Å². The van der Waals surface area contributed by atoms with Crippen molar-refractivity contribution in [3.05, 3.63) is 35.4 Å². The molecule has 1 aromatic carbocycles. The van der Waals surface area contributed by atoms with E-state index < -0.39 is 0 Å². The summed E-state index contributed by atoms with van der Waals surface area (Å²) in [6.07, 6.45) is 1.95. The highest BCUT2D eigenvalue weighted by Gasteiger charge is 2.29. The molecule has 68 valence electrons. The van der Waals surface area contributed by atoms with Crippen LogP contribution in [-0.4, -0.2) is 5.97 Å². The third-order valence-electron chi connectivity index (χ3n) is 2.33. The molecule has 2 heteroatoms. The first-order chi connectivity index (χ1) is 6.33. The van der Waals surface area contributed by atoms with Crippen LogP contribution >= 0.6 is 0 Å². The summed E-state index contributed by atoms with van der Waals surface area (Å²) in [4.78, 5) is 11.3. The number of hydrogen-bond acceptors (Lipinski definition) is 2. The minimum absolute atomic E-state index is 0.00583. The molecule has 0 N–H and O–H groups in total. The van der Waals surface area contributed by atoms with E-state index in [1.54, 1.807) is 0 Å². The van der Waals surface area contributed by atoms with E-state index in [0.29, 0.717) is 0 Å². The Hall–Kier alpha value is -1.31. The van der Waals surface area contributed by atoms with Gasteiger partial charge in [-0.1, -0.05) is 31.5 Å². The molecule has 0 unspecified atom stereocenters. The standard InChI is InChI=1S/C11H12O2/c1-2-5-10-8-6-3-4-7-9(8)11(12)13-10/h3-4,6-7,10H,2,5H2,1H3/t10-/m1/s1. The molecule has 2 rings (SSSR count). The van der Waals surface area contributed by atoms with Crippen molar-refractivity contribution in [2.75, 3.05) is 0 Å². The van der Waals surface area contributed by atoms with Crippen molar-refractivity contribution in [1.29, 1.82) is 0 Å². The highest BCUT2D eigenvalue weighted by molar-refractivity contribution is 5.93. The SMILES string of the molecule is CCC[C@H]1OC(=O)c2ccccc21. The van der Waals surface area contributed by atoms with Gasteiger partial charge in [-0.05, 0) is 12.5 Å². The third-order valence-corrected chi connectivity index (χ3v) is 2.33. The summed E-state index contributed by atoms with van der Waals surface area (Å²) in [7, 11) is 0. The molecule has 2 nitrogen and oxygen atoms in total. The summed E-state index contributed by atoms with van der Waals surface area (Å²) in [5.74, 6) is -0.172. The number of rotatable bonds is 2. The van der Waals surface area contributed by atoms with Gasteiger partial charge in [0.15, 0.2) is 0 Å². The first kappa shape index (κ1) is 8.30. The molecule has 1 aliphatic heterocycles. The third kappa shape index (κ3) is 1.32. The van der Waals surface area contributed by atoms with E-state index in [1.807, 2.05) is 24.3 Å². The van der Waals surface area contributed by atoms with Crippen molar-refractivity contribution < 1.29 is 9.53 Å². The fourth-order valence-corrected chi connectivity index (χ4v) is 1.70. The van der Waals surface area contributed by atoms with E-state index in [4.69, 9.17) is 4.74 Å². The molecular formula is C11H12O2. The van der Waals surface area contributed by atoms with Gasteiger partial charge in [0.05, 0.1) is 5.56 Å². The summed E-state index contributed by atoms with van der Waals surface area (Å²) in [5, 5.41) is 0. The topological polar surface area (TPSA) is 26.3 Å². The lowest BCUT2D eigenvalue weighted by atomic mass is 10.0. The summed E-state index contributed by atoms with van der Waals surface area (Å²) < 4.78 is 5.23. The number of carbonyl (C=O) groups excluding carboxylic acids is 1. The van der Waals surface area contributed by atoms with E-state index >= 15 is 0 Å². The first-order valence-corrected chi connectivity index (χ1v) is 4.63. The van der Waals surface area contributed by atoms with Crippen LogP contribution in [0.4, 0.5) is 0 Å². The molecule has 0 aliphatic carbocycles. The zero-order chi connectivity index (χ0) is 9.26. The van der Waals surface area contributed by atoms with Gasteiger partial charge in [-0.3, -0.25) is 0 Å². The second-order valence-corrected chi connectivity index (χ2v) is 3.27. The minimum Gasteiger partial charge on any atom is -0.454 e. The number of hydrogen-bond donors (Lipinski definition) is 0. The van der Waals surface area contributed by atoms with Crippen molar-refractivity contribution in [3.63, 3.8) is 0 Å². The normalized spacial score (nSPS) is 19.8. The van der Waals surface area contributed by atoms with Gasteiger partial charge in [-0.15, -0.1) is 0 Å². The van der Waals surface area contributed by atoms with Crippen LogP contribution in [0.25, 0.3) is 0 Å². The molecule has 0 bridgehead atoms. The molecule has 0 amide bonds. The molecule has 0 fully saturated rings. The molecule has 1 atom stereocenters. The van der Waals surface area contributed by atoms with Crippen molar-refractivity contribution in [2.45, 2.75) is 25.9 Å². The maximum Gasteiger partial charge on any atom is 0.339 e. The van der Waals surface area contributed by atoms with E-state index in [-0.39, 0.29) is 12.1 Å². The zero-order valence-electron chi connectivity index (χ0n) is 7.62. The summed E-state index contributed by atoms with van der Waals surface area (Å²) in [6, 6.07) is 7.62. The summed E-state index contributed by atoms with van der Waals surface area (Å²) in [5.41, 5.74) is 1.79. The van der Waals surface area contributed by atoms with Crippen LogP contribution in [0.5, 0.6) is 0 Å². The summed E-state index contributed by atoms with van der Waals surface area (Å²) in [6.45, 7) is 2.09. The van der Waals surface area contributed by atoms with Crippen molar-refractivity contribution in [1.82, 2.24) is 0 Å². The largest absolute Gasteiger partial charge is 0.454 e. The van der Waals surface area contributed by atoms with Crippen molar-refractivity contribution in [3.8, 4) is 0 Å². The Balaban J connectivity index is 2.36. The highest BCUT2D eigenvalue weighted by atomic mass is 16.5. The second kappa shape index (κ2) is 3.21. The zero-order valence-corrected chi connectivity index (χ0v) is 7.62. The van der Waals surface area contributed by atoms with Gasteiger partial charge in [0.25, 0.3) is 0 Å². The molecule has 1 heterocycles. The van der Waals surface area contributed by atoms with Gasteiger partial charge in [-0.25, -0.2) is 4.79 Å². The van der Waals surface area contributed by atoms with Crippen LogP contribution in [0, 0.1) is 0 Å². The quantitative estimate of drug-likeness (QED) is 0.647. The van der Waals surface area contributed by atoms with Gasteiger partial charge in [-0.2, -0.15) is 0 Å². The van der Waals surface area contributed by atoms with Crippen LogP contribution in [0.15, 0.2) is 24.3 Å². The van der Waals surface area contributed by atoms with Gasteiger partial charge < -0.3 is 4.74 Å². The smallest absolute Gasteiger partial charge is 0.339 e. The van der Waals surface area contributed by atoms with Gasteiger partial charge >= 0.3 is 5.97 Å². The minimum atomic E-state index is -0.172. The average Bonchev–Trinajstić information content (AvgIpc) is 2.46. The van der Waals surface area contributed by atoms with E-state index in [0.717, 1.165) is 24.0 Å². The van der Waals surface area contributed by atoms with E-state index in [1.165, 1.54) is 0 Å². The molecular weight excluding hydrogens is 164 g/mol. The van der Waals surface area contributed by atoms with Crippen LogP contribution in [0.2, 0.25) is 0 Å². The number of carbonyl (C=O) groups is 1. The Kier molecular flexibility index (Phi) is 2.05. The highest BCUT2D eigenvalue weighted by Crippen LogP contribution is 2.33. The molecule has 0 spiro atoms. The Morgan fingerprint density at radius 2 is 2.15 bits per heavy atom. The molecule has 1 aliphatic rings. The monoisotopic (exact) mass is 176 g/mol. The Labute approximate surface area is 77.5 Å². The van der Waals surface area contributed by atoms with Gasteiger partial charge in [0.1, 0.15) is 6.10 Å². The molecule has 0 aromatic heterocycles. The number of esters is 1. The first-order valence-electron chi connectivity index (χ1n) is 4.63. The molecule has 13 heavy (non-hydrogen) atoms. The fraction of sp³-hybridized carbons (Fsp3) is 0.364. The number of ether oxygens (including phenoxy) is 1. The molecule has 0 radical (unpaired) electrons. The van der Waals surface area contributed by atoms with Crippen LogP contribution in [0.1, 0.15) is 41.8 Å². The maximum atomic E-state index is 11.3. The molecule has 1 aromatic rings. The van der Waals surface area contributed by atoms with Crippen LogP contribution in [0.3, 0.4) is 0 Å². The lowest BCUT2D eigenvalue weighted by Gasteiger charge is -2.07. The Bertz CT molecular complexity index is 331. The van der Waals surface area contributed by atoms with E-state index in [2.05, 4.69) is 6.92 Å². The van der Waals surface area contributed by atoms with Gasteiger partial charge in [0, 0.05) is 5.56 Å². The fourth-order valence-electron chi connectivity index (χ4n) is 1.70. The molecule has 0 saturated carbocycles. The molecule has 0 saturated heterocycles. The lowest BCUT2D eigenvalue weighted by molar-refractivity contribution is 0.0367. The van der Waals surface area contributed by atoms with Crippen LogP contribution in [-0.2, 0) is 4.74 Å². The predicted molar refractivity (Wildman–Crippen MR) is 49.5 cm³/mol. The number of fused-ring (bicyclic) bond motifs is 1. The Morgan fingerprint density at radius 3 is 2.92 bits per heavy atom. The average molecular weight is 176 g/mol. The predicted octanol–water partition coefficient (Wildman–Crippen LogP) is 2.70. The number of cyclic esters (lactones) is 1. The maximum absolute atomic E-state index is 11.3. The van der Waals surface area contributed by atoms with E-state index in [9.17, 15) is 4.79 Å². The van der Waals surface area contributed by atoms with Crippen molar-refractivity contribution in [2.24, 2.45) is 0 Å². The summed E-state index contributed by atoms with van der Waals surface area (Å²) >= 11 is 0. The van der Waals surface area contributed by atoms with Gasteiger partial charge in [0.2, 0.25) is 0 Å². The number of benzene rings is 1.